The zero-order valence-corrected chi connectivity index (χ0v) is 11.8. The second-order valence-electron chi connectivity index (χ2n) is 4.43. The van der Waals surface area contributed by atoms with Gasteiger partial charge >= 0.3 is 0 Å². The molecule has 102 valence electrons. The summed E-state index contributed by atoms with van der Waals surface area (Å²) in [4.78, 5) is 0. The largest absolute Gasteiger partial charge is 0.397 e. The maximum atomic E-state index is 10.4. The average Bonchev–Trinajstić information content (AvgIpc) is 2.40. The van der Waals surface area contributed by atoms with E-state index in [4.69, 9.17) is 5.11 Å². The molecule has 2 rings (SSSR count). The average molecular weight is 258 g/mol. The minimum atomic E-state index is -0.526. The van der Waals surface area contributed by atoms with Crippen LogP contribution in [0.3, 0.4) is 0 Å². The summed E-state index contributed by atoms with van der Waals surface area (Å²) >= 11 is 0. The standard InChI is InChI=1S/C15H16O.C2H6O/c1-11-7-3-5-9-13(11)15(16)14-10-6-4-8-12(14)2;1-2-3/h3-10,15-16H,1-2H3;3H,2H2,1H3. The van der Waals surface area contributed by atoms with Crippen LogP contribution in [-0.4, -0.2) is 16.8 Å². The third-order valence-electron chi connectivity index (χ3n) is 2.97. The molecule has 0 amide bonds. The van der Waals surface area contributed by atoms with E-state index in [0.717, 1.165) is 22.3 Å². The highest BCUT2D eigenvalue weighted by Gasteiger charge is 2.13. The van der Waals surface area contributed by atoms with Crippen LogP contribution >= 0.6 is 0 Å². The van der Waals surface area contributed by atoms with Gasteiger partial charge in [0.25, 0.3) is 0 Å². The summed E-state index contributed by atoms with van der Waals surface area (Å²) in [5.41, 5.74) is 4.21. The van der Waals surface area contributed by atoms with Gasteiger partial charge in [-0.25, -0.2) is 0 Å². The molecule has 2 aromatic rings. The third-order valence-corrected chi connectivity index (χ3v) is 2.97. The molecule has 0 heterocycles. The van der Waals surface area contributed by atoms with Crippen LogP contribution in [0.5, 0.6) is 0 Å². The number of benzene rings is 2. The first kappa shape index (κ1) is 15.4. The van der Waals surface area contributed by atoms with Crippen molar-refractivity contribution in [1.82, 2.24) is 0 Å². The van der Waals surface area contributed by atoms with Crippen molar-refractivity contribution in [2.24, 2.45) is 0 Å². The molecule has 2 heteroatoms. The van der Waals surface area contributed by atoms with E-state index < -0.39 is 6.10 Å². The zero-order valence-electron chi connectivity index (χ0n) is 11.8. The Kier molecular flexibility index (Phi) is 6.26. The number of aliphatic hydroxyl groups is 2. The van der Waals surface area contributed by atoms with Crippen LogP contribution in [0, 0.1) is 13.8 Å². The van der Waals surface area contributed by atoms with Crippen molar-refractivity contribution < 1.29 is 10.2 Å². The lowest BCUT2D eigenvalue weighted by Crippen LogP contribution is -2.03. The molecule has 0 unspecified atom stereocenters. The molecule has 19 heavy (non-hydrogen) atoms. The summed E-state index contributed by atoms with van der Waals surface area (Å²) in [5, 5.41) is 17.9. The molecule has 0 aliphatic carbocycles. The normalized spacial score (nSPS) is 10.0. The third kappa shape index (κ3) is 4.19. The van der Waals surface area contributed by atoms with E-state index in [0.29, 0.717) is 0 Å². The van der Waals surface area contributed by atoms with Gasteiger partial charge in [0.2, 0.25) is 0 Å². The van der Waals surface area contributed by atoms with Crippen molar-refractivity contribution in [2.75, 3.05) is 6.61 Å². The fourth-order valence-electron chi connectivity index (χ4n) is 1.95. The first-order valence-corrected chi connectivity index (χ1v) is 6.51. The fraction of sp³-hybridized carbons (Fsp3) is 0.294. The molecule has 2 N–H and O–H groups in total. The number of hydrogen-bond acceptors (Lipinski definition) is 2. The second kappa shape index (κ2) is 7.72. The number of aryl methyl sites for hydroxylation is 2. The molecule has 0 aliphatic rings. The zero-order chi connectivity index (χ0) is 14.3. The van der Waals surface area contributed by atoms with E-state index in [1.165, 1.54) is 0 Å². The molecule has 0 fully saturated rings. The van der Waals surface area contributed by atoms with Gasteiger partial charge in [-0.1, -0.05) is 48.5 Å². The monoisotopic (exact) mass is 258 g/mol. The van der Waals surface area contributed by atoms with Crippen molar-refractivity contribution in [1.29, 1.82) is 0 Å². The summed E-state index contributed by atoms with van der Waals surface area (Å²) < 4.78 is 0. The Morgan fingerprint density at radius 1 is 0.842 bits per heavy atom. The van der Waals surface area contributed by atoms with E-state index >= 15 is 0 Å². The molecule has 2 aromatic carbocycles. The number of hydrogen-bond donors (Lipinski definition) is 2. The van der Waals surface area contributed by atoms with Gasteiger partial charge in [0.05, 0.1) is 0 Å². The van der Waals surface area contributed by atoms with E-state index in [1.807, 2.05) is 62.4 Å². The van der Waals surface area contributed by atoms with Crippen molar-refractivity contribution >= 4 is 0 Å². The highest BCUT2D eigenvalue weighted by molar-refractivity contribution is 5.38. The molecule has 0 atom stereocenters. The second-order valence-corrected chi connectivity index (χ2v) is 4.43. The Hall–Kier alpha value is -1.64. The molecule has 0 saturated carbocycles. The number of rotatable bonds is 2. The van der Waals surface area contributed by atoms with E-state index in [-0.39, 0.29) is 6.61 Å². The highest BCUT2D eigenvalue weighted by atomic mass is 16.3. The minimum Gasteiger partial charge on any atom is -0.397 e. The predicted molar refractivity (Wildman–Crippen MR) is 79.2 cm³/mol. The molecule has 0 aromatic heterocycles. The SMILES string of the molecule is CCO.Cc1ccccc1C(O)c1ccccc1C. The van der Waals surface area contributed by atoms with Gasteiger partial charge in [0, 0.05) is 6.61 Å². The van der Waals surface area contributed by atoms with Crippen LogP contribution in [0.2, 0.25) is 0 Å². The molecule has 0 aliphatic heterocycles. The van der Waals surface area contributed by atoms with Gasteiger partial charge in [-0.15, -0.1) is 0 Å². The highest BCUT2D eigenvalue weighted by Crippen LogP contribution is 2.26. The van der Waals surface area contributed by atoms with Crippen molar-refractivity contribution in [3.8, 4) is 0 Å². The molecular formula is C17H22O2. The lowest BCUT2D eigenvalue weighted by atomic mass is 9.95. The maximum absolute atomic E-state index is 10.4. The molecule has 0 saturated heterocycles. The summed E-state index contributed by atoms with van der Waals surface area (Å²) in [5.74, 6) is 0. The van der Waals surface area contributed by atoms with Gasteiger partial charge in [0.1, 0.15) is 6.10 Å². The topological polar surface area (TPSA) is 40.5 Å². The van der Waals surface area contributed by atoms with Crippen LogP contribution in [0.1, 0.15) is 35.3 Å². The Labute approximate surface area is 115 Å². The Morgan fingerprint density at radius 2 is 1.16 bits per heavy atom. The first-order chi connectivity index (χ1) is 9.11. The fourth-order valence-corrected chi connectivity index (χ4v) is 1.95. The van der Waals surface area contributed by atoms with Gasteiger partial charge in [-0.05, 0) is 43.0 Å². The lowest BCUT2D eigenvalue weighted by Gasteiger charge is -2.16. The van der Waals surface area contributed by atoms with Gasteiger partial charge in [-0.2, -0.15) is 0 Å². The summed E-state index contributed by atoms with van der Waals surface area (Å²) in [6, 6.07) is 15.9. The van der Waals surface area contributed by atoms with Crippen LogP contribution < -0.4 is 0 Å². The smallest absolute Gasteiger partial charge is 0.105 e. The van der Waals surface area contributed by atoms with Crippen LogP contribution in [-0.2, 0) is 0 Å². The van der Waals surface area contributed by atoms with Gasteiger partial charge < -0.3 is 10.2 Å². The van der Waals surface area contributed by atoms with E-state index in [2.05, 4.69) is 0 Å². The molecule has 0 radical (unpaired) electrons. The molecule has 0 bridgehead atoms. The lowest BCUT2D eigenvalue weighted by molar-refractivity contribution is 0.219. The first-order valence-electron chi connectivity index (χ1n) is 6.51. The Bertz CT molecular complexity index is 461. The van der Waals surface area contributed by atoms with Crippen molar-refractivity contribution in [3.63, 3.8) is 0 Å². The van der Waals surface area contributed by atoms with E-state index in [9.17, 15) is 5.11 Å². The van der Waals surface area contributed by atoms with Crippen LogP contribution in [0.25, 0.3) is 0 Å². The molecular weight excluding hydrogens is 236 g/mol. The minimum absolute atomic E-state index is 0.250. The van der Waals surface area contributed by atoms with Crippen LogP contribution in [0.15, 0.2) is 48.5 Å². The Morgan fingerprint density at radius 3 is 1.47 bits per heavy atom. The van der Waals surface area contributed by atoms with Gasteiger partial charge in [-0.3, -0.25) is 0 Å². The van der Waals surface area contributed by atoms with Gasteiger partial charge in [0.15, 0.2) is 0 Å². The summed E-state index contributed by atoms with van der Waals surface area (Å²) in [7, 11) is 0. The molecule has 0 spiro atoms. The molecule has 2 nitrogen and oxygen atoms in total. The summed E-state index contributed by atoms with van der Waals surface area (Å²) in [6.07, 6.45) is -0.526. The number of aliphatic hydroxyl groups excluding tert-OH is 2. The maximum Gasteiger partial charge on any atom is 0.105 e. The van der Waals surface area contributed by atoms with Crippen LogP contribution in [0.4, 0.5) is 0 Å². The summed E-state index contributed by atoms with van der Waals surface area (Å²) in [6.45, 7) is 5.98. The van der Waals surface area contributed by atoms with E-state index in [1.54, 1.807) is 6.92 Å². The van der Waals surface area contributed by atoms with Crippen molar-refractivity contribution in [3.05, 3.63) is 70.8 Å². The quantitative estimate of drug-likeness (QED) is 0.867. The predicted octanol–water partition coefficient (Wildman–Crippen LogP) is 3.38. The Balaban J connectivity index is 0.000000550. The van der Waals surface area contributed by atoms with Crippen molar-refractivity contribution in [2.45, 2.75) is 26.9 Å².